The van der Waals surface area contributed by atoms with Crippen LogP contribution in [0.2, 0.25) is 10.0 Å². The lowest BCUT2D eigenvalue weighted by Gasteiger charge is -2.33. The van der Waals surface area contributed by atoms with Crippen molar-refractivity contribution in [2.45, 2.75) is 39.7 Å². The fourth-order valence-electron chi connectivity index (χ4n) is 1.92. The van der Waals surface area contributed by atoms with E-state index in [2.05, 4.69) is 26.1 Å². The van der Waals surface area contributed by atoms with Gasteiger partial charge in [-0.3, -0.25) is 0 Å². The lowest BCUT2D eigenvalue weighted by atomic mass is 9.79. The molecule has 1 aromatic rings. The Bertz CT molecular complexity index is 374. The van der Waals surface area contributed by atoms with Gasteiger partial charge in [-0.25, -0.2) is 0 Å². The largest absolute Gasteiger partial charge is 0.316 e. The molecule has 0 saturated heterocycles. The first-order chi connectivity index (χ1) is 7.90. The molecule has 0 aliphatic rings. The highest BCUT2D eigenvalue weighted by molar-refractivity contribution is 6.35. The van der Waals surface area contributed by atoms with Gasteiger partial charge in [-0.15, -0.1) is 0 Å². The average Bonchev–Trinajstić information content (AvgIpc) is 2.27. The molecule has 0 aliphatic heterocycles. The number of halogens is 2. The second kappa shape index (κ2) is 6.08. The van der Waals surface area contributed by atoms with Crippen molar-refractivity contribution in [3.8, 4) is 0 Å². The quantitative estimate of drug-likeness (QED) is 0.830. The number of likely N-dealkylation sites (N-methyl/N-ethyl adjacent to an activating group) is 1. The van der Waals surface area contributed by atoms with Crippen LogP contribution in [0.1, 0.15) is 32.8 Å². The monoisotopic (exact) mass is 273 g/mol. The van der Waals surface area contributed by atoms with Gasteiger partial charge in [-0.2, -0.15) is 0 Å². The van der Waals surface area contributed by atoms with Gasteiger partial charge in [0.05, 0.1) is 0 Å². The van der Waals surface area contributed by atoms with Gasteiger partial charge >= 0.3 is 0 Å². The minimum absolute atomic E-state index is 0.248. The van der Waals surface area contributed by atoms with Gasteiger partial charge in [-0.1, -0.05) is 50.0 Å². The molecule has 0 amide bonds. The molecule has 17 heavy (non-hydrogen) atoms. The number of rotatable bonds is 5. The van der Waals surface area contributed by atoms with E-state index in [1.807, 2.05) is 25.2 Å². The molecule has 1 N–H and O–H groups in total. The molecular weight excluding hydrogens is 253 g/mol. The molecule has 0 radical (unpaired) electrons. The van der Waals surface area contributed by atoms with Crippen molar-refractivity contribution in [1.82, 2.24) is 5.32 Å². The van der Waals surface area contributed by atoms with Crippen LogP contribution >= 0.6 is 23.2 Å². The summed E-state index contributed by atoms with van der Waals surface area (Å²) in [6, 6.07) is 6.13. The minimum atomic E-state index is 0.248. The number of hydrogen-bond acceptors (Lipinski definition) is 1. The van der Waals surface area contributed by atoms with Crippen molar-refractivity contribution in [3.63, 3.8) is 0 Å². The second-order valence-corrected chi connectivity index (χ2v) is 5.97. The maximum atomic E-state index is 6.21. The van der Waals surface area contributed by atoms with Crippen LogP contribution in [0, 0.1) is 5.41 Å². The molecule has 3 heteroatoms. The summed E-state index contributed by atoms with van der Waals surface area (Å²) in [7, 11) is 2.01. The van der Waals surface area contributed by atoms with Crippen molar-refractivity contribution in [2.24, 2.45) is 5.41 Å². The van der Waals surface area contributed by atoms with E-state index in [-0.39, 0.29) is 5.41 Å². The molecule has 0 aromatic heterocycles. The Kier molecular flexibility index (Phi) is 5.30. The molecule has 0 heterocycles. The van der Waals surface area contributed by atoms with Gasteiger partial charge in [0.2, 0.25) is 0 Å². The third-order valence-corrected chi connectivity index (χ3v) is 4.23. The van der Waals surface area contributed by atoms with Crippen molar-refractivity contribution in [1.29, 1.82) is 0 Å². The zero-order valence-electron chi connectivity index (χ0n) is 11.0. The van der Waals surface area contributed by atoms with Crippen molar-refractivity contribution < 1.29 is 0 Å². The highest BCUT2D eigenvalue weighted by atomic mass is 35.5. The van der Waals surface area contributed by atoms with E-state index >= 15 is 0 Å². The summed E-state index contributed by atoms with van der Waals surface area (Å²) in [5, 5.41) is 4.84. The van der Waals surface area contributed by atoms with Crippen LogP contribution < -0.4 is 5.32 Å². The minimum Gasteiger partial charge on any atom is -0.316 e. The SMILES string of the molecule is CCC(C)(C)C(Cc1ccc(Cl)cc1Cl)NC. The van der Waals surface area contributed by atoms with Crippen LogP contribution in [0.15, 0.2) is 18.2 Å². The molecule has 1 aromatic carbocycles. The topological polar surface area (TPSA) is 12.0 Å². The third-order valence-electron chi connectivity index (χ3n) is 3.64. The molecule has 96 valence electrons. The van der Waals surface area contributed by atoms with Crippen molar-refractivity contribution in [2.75, 3.05) is 7.05 Å². The summed E-state index contributed by atoms with van der Waals surface area (Å²) in [4.78, 5) is 0. The predicted octanol–water partition coefficient (Wildman–Crippen LogP) is 4.56. The summed E-state index contributed by atoms with van der Waals surface area (Å²) in [5.41, 5.74) is 1.40. The molecule has 1 nitrogen and oxygen atoms in total. The maximum Gasteiger partial charge on any atom is 0.0453 e. The summed E-state index contributed by atoms with van der Waals surface area (Å²) < 4.78 is 0. The first-order valence-electron chi connectivity index (χ1n) is 6.02. The fourth-order valence-corrected chi connectivity index (χ4v) is 2.41. The van der Waals surface area contributed by atoms with Crippen LogP contribution in [-0.4, -0.2) is 13.1 Å². The molecular formula is C14H21Cl2N. The van der Waals surface area contributed by atoms with Crippen LogP contribution in [0.3, 0.4) is 0 Å². The van der Waals surface area contributed by atoms with Gasteiger partial charge in [0.25, 0.3) is 0 Å². The lowest BCUT2D eigenvalue weighted by molar-refractivity contribution is 0.240. The van der Waals surface area contributed by atoms with E-state index in [1.165, 1.54) is 0 Å². The Morgan fingerprint density at radius 3 is 2.41 bits per heavy atom. The molecule has 0 fully saturated rings. The van der Waals surface area contributed by atoms with Gasteiger partial charge < -0.3 is 5.32 Å². The Labute approximate surface area is 115 Å². The highest BCUT2D eigenvalue weighted by Gasteiger charge is 2.26. The van der Waals surface area contributed by atoms with E-state index in [1.54, 1.807) is 0 Å². The predicted molar refractivity (Wildman–Crippen MR) is 77.1 cm³/mol. The Morgan fingerprint density at radius 1 is 1.29 bits per heavy atom. The molecule has 0 spiro atoms. The van der Waals surface area contributed by atoms with E-state index in [9.17, 15) is 0 Å². The number of hydrogen-bond donors (Lipinski definition) is 1. The van der Waals surface area contributed by atoms with E-state index in [4.69, 9.17) is 23.2 Å². The van der Waals surface area contributed by atoms with Gasteiger partial charge in [0.15, 0.2) is 0 Å². The van der Waals surface area contributed by atoms with Gasteiger partial charge in [0, 0.05) is 16.1 Å². The normalized spacial score (nSPS) is 13.8. The highest BCUT2D eigenvalue weighted by Crippen LogP contribution is 2.30. The van der Waals surface area contributed by atoms with Crippen molar-refractivity contribution >= 4 is 23.2 Å². The summed E-state index contributed by atoms with van der Waals surface area (Å²) >= 11 is 12.1. The van der Waals surface area contributed by atoms with Crippen molar-refractivity contribution in [3.05, 3.63) is 33.8 Å². The maximum absolute atomic E-state index is 6.21. The van der Waals surface area contributed by atoms with Crippen LogP contribution in [0.4, 0.5) is 0 Å². The third kappa shape index (κ3) is 3.87. The van der Waals surface area contributed by atoms with Crippen LogP contribution in [0.25, 0.3) is 0 Å². The van der Waals surface area contributed by atoms with Crippen LogP contribution in [0.5, 0.6) is 0 Å². The number of nitrogens with one attached hydrogen (secondary N) is 1. The smallest absolute Gasteiger partial charge is 0.0453 e. The molecule has 0 saturated carbocycles. The van der Waals surface area contributed by atoms with Gasteiger partial charge in [0.1, 0.15) is 0 Å². The van der Waals surface area contributed by atoms with E-state index < -0.39 is 0 Å². The Morgan fingerprint density at radius 2 is 1.94 bits per heavy atom. The summed E-state index contributed by atoms with van der Waals surface area (Å²) in [6.07, 6.45) is 2.05. The number of benzene rings is 1. The fraction of sp³-hybridized carbons (Fsp3) is 0.571. The first kappa shape index (κ1) is 14.8. The van der Waals surface area contributed by atoms with E-state index in [0.717, 1.165) is 23.4 Å². The molecule has 1 unspecified atom stereocenters. The Balaban J connectivity index is 2.88. The second-order valence-electron chi connectivity index (χ2n) is 5.12. The van der Waals surface area contributed by atoms with E-state index in [0.29, 0.717) is 11.1 Å². The van der Waals surface area contributed by atoms with Crippen LogP contribution in [-0.2, 0) is 6.42 Å². The standard InChI is InChI=1S/C14H21Cl2N/c1-5-14(2,3)13(17-4)8-10-6-7-11(15)9-12(10)16/h6-7,9,13,17H,5,8H2,1-4H3. The molecule has 0 bridgehead atoms. The zero-order chi connectivity index (χ0) is 13.1. The zero-order valence-corrected chi connectivity index (χ0v) is 12.5. The first-order valence-corrected chi connectivity index (χ1v) is 6.77. The Hall–Kier alpha value is -0.240. The average molecular weight is 274 g/mol. The molecule has 1 rings (SSSR count). The van der Waals surface area contributed by atoms with Gasteiger partial charge in [-0.05, 0) is 43.0 Å². The molecule has 1 atom stereocenters. The lowest BCUT2D eigenvalue weighted by Crippen LogP contribution is -2.41. The molecule has 0 aliphatic carbocycles. The summed E-state index contributed by atoms with van der Waals surface area (Å²) in [5.74, 6) is 0. The summed E-state index contributed by atoms with van der Waals surface area (Å²) in [6.45, 7) is 6.77.